The topological polar surface area (TPSA) is 46.9 Å². The number of aryl methyl sites for hydroxylation is 1. The molecule has 0 bridgehead atoms. The third-order valence-corrected chi connectivity index (χ3v) is 4.46. The third-order valence-electron chi connectivity index (χ3n) is 2.94. The third kappa shape index (κ3) is 4.15. The summed E-state index contributed by atoms with van der Waals surface area (Å²) in [6.07, 6.45) is 6.33. The van der Waals surface area contributed by atoms with Gasteiger partial charge in [-0.15, -0.1) is 11.8 Å². The maximum absolute atomic E-state index is 12.2. The Bertz CT molecular complexity index is 658. The van der Waals surface area contributed by atoms with Gasteiger partial charge in [0.05, 0.1) is 21.8 Å². The molecule has 1 aromatic carbocycles. The smallest absolute Gasteiger partial charge is 0.252 e. The second kappa shape index (κ2) is 7.20. The number of amides is 1. The highest BCUT2D eigenvalue weighted by molar-refractivity contribution is 7.98. The van der Waals surface area contributed by atoms with Crippen LogP contribution >= 0.6 is 35.0 Å². The molecule has 4 nitrogen and oxygen atoms in total. The first-order chi connectivity index (χ1) is 10.0. The molecule has 1 heterocycles. The number of nitrogens with one attached hydrogen (secondary N) is 1. The van der Waals surface area contributed by atoms with E-state index in [-0.39, 0.29) is 5.91 Å². The number of carbonyl (C=O) groups excluding carboxylic acids is 1. The second-order valence-electron chi connectivity index (χ2n) is 4.49. The van der Waals surface area contributed by atoms with Gasteiger partial charge in [-0.05, 0) is 30.4 Å². The van der Waals surface area contributed by atoms with Gasteiger partial charge in [0.25, 0.3) is 5.91 Å². The van der Waals surface area contributed by atoms with E-state index in [2.05, 4.69) is 10.4 Å². The highest BCUT2D eigenvalue weighted by Gasteiger charge is 2.13. The second-order valence-corrected chi connectivity index (χ2v) is 6.16. The highest BCUT2D eigenvalue weighted by Crippen LogP contribution is 2.31. The van der Waals surface area contributed by atoms with Gasteiger partial charge in [0.2, 0.25) is 0 Å². The lowest BCUT2D eigenvalue weighted by Gasteiger charge is -2.09. The molecule has 21 heavy (non-hydrogen) atoms. The molecule has 0 aliphatic rings. The van der Waals surface area contributed by atoms with E-state index in [1.54, 1.807) is 23.0 Å². The maximum atomic E-state index is 12.2. The highest BCUT2D eigenvalue weighted by atomic mass is 35.5. The first-order valence-electron chi connectivity index (χ1n) is 6.30. The molecule has 2 rings (SSSR count). The molecule has 2 aromatic rings. The summed E-state index contributed by atoms with van der Waals surface area (Å²) in [5, 5.41) is 7.85. The number of aromatic nitrogens is 2. The summed E-state index contributed by atoms with van der Waals surface area (Å²) >= 11 is 13.6. The lowest BCUT2D eigenvalue weighted by molar-refractivity contribution is 0.0954. The minimum Gasteiger partial charge on any atom is -0.352 e. The minimum absolute atomic E-state index is 0.198. The van der Waals surface area contributed by atoms with E-state index in [0.717, 1.165) is 16.9 Å². The van der Waals surface area contributed by atoms with E-state index < -0.39 is 0 Å². The number of thioether (sulfide) groups is 1. The van der Waals surface area contributed by atoms with E-state index in [1.165, 1.54) is 11.8 Å². The SMILES string of the molecule is CSc1cc(C(=O)NCCc2cnn(C)c2)c(Cl)cc1Cl. The van der Waals surface area contributed by atoms with Crippen LogP contribution in [-0.2, 0) is 13.5 Å². The fourth-order valence-corrected chi connectivity index (χ4v) is 3.07. The molecule has 0 atom stereocenters. The number of halogens is 2. The summed E-state index contributed by atoms with van der Waals surface area (Å²) in [7, 11) is 1.86. The molecule has 0 aliphatic carbocycles. The molecule has 0 saturated heterocycles. The molecule has 0 saturated carbocycles. The van der Waals surface area contributed by atoms with Gasteiger partial charge in [-0.25, -0.2) is 0 Å². The van der Waals surface area contributed by atoms with Crippen molar-refractivity contribution >= 4 is 40.9 Å². The number of hydrogen-bond acceptors (Lipinski definition) is 3. The van der Waals surface area contributed by atoms with Crippen LogP contribution in [0, 0.1) is 0 Å². The molecular formula is C14H15Cl2N3OS. The fraction of sp³-hybridized carbons (Fsp3) is 0.286. The van der Waals surface area contributed by atoms with Crippen LogP contribution < -0.4 is 5.32 Å². The van der Waals surface area contributed by atoms with Gasteiger partial charge in [0.1, 0.15) is 0 Å². The van der Waals surface area contributed by atoms with Crippen LogP contribution in [0.15, 0.2) is 29.4 Å². The van der Waals surface area contributed by atoms with Crippen LogP contribution in [0.5, 0.6) is 0 Å². The molecule has 1 aromatic heterocycles. The van der Waals surface area contributed by atoms with Gasteiger partial charge in [0.15, 0.2) is 0 Å². The van der Waals surface area contributed by atoms with Gasteiger partial charge in [-0.1, -0.05) is 23.2 Å². The predicted octanol–water partition coefficient (Wildman–Crippen LogP) is 3.42. The molecule has 0 fully saturated rings. The molecule has 0 aliphatic heterocycles. The van der Waals surface area contributed by atoms with E-state index in [0.29, 0.717) is 22.2 Å². The van der Waals surface area contributed by atoms with Crippen molar-refractivity contribution in [1.29, 1.82) is 0 Å². The lowest BCUT2D eigenvalue weighted by atomic mass is 10.2. The van der Waals surface area contributed by atoms with Gasteiger partial charge in [-0.3, -0.25) is 9.48 Å². The van der Waals surface area contributed by atoms with Crippen LogP contribution in [0.2, 0.25) is 10.0 Å². The largest absolute Gasteiger partial charge is 0.352 e. The van der Waals surface area contributed by atoms with Crippen LogP contribution in [0.3, 0.4) is 0 Å². The van der Waals surface area contributed by atoms with Gasteiger partial charge < -0.3 is 5.32 Å². The normalized spacial score (nSPS) is 10.7. The van der Waals surface area contributed by atoms with Crippen molar-refractivity contribution in [2.24, 2.45) is 7.05 Å². The Hall–Kier alpha value is -1.17. The Labute approximate surface area is 137 Å². The number of nitrogens with zero attached hydrogens (tertiary/aromatic N) is 2. The first kappa shape index (κ1) is 16.2. The maximum Gasteiger partial charge on any atom is 0.252 e. The first-order valence-corrected chi connectivity index (χ1v) is 8.28. The van der Waals surface area contributed by atoms with E-state index in [4.69, 9.17) is 23.2 Å². The van der Waals surface area contributed by atoms with Crippen molar-refractivity contribution in [3.8, 4) is 0 Å². The zero-order valence-corrected chi connectivity index (χ0v) is 14.0. The number of rotatable bonds is 5. The molecular weight excluding hydrogens is 329 g/mol. The monoisotopic (exact) mass is 343 g/mol. The lowest BCUT2D eigenvalue weighted by Crippen LogP contribution is -2.26. The van der Waals surface area contributed by atoms with Gasteiger partial charge >= 0.3 is 0 Å². The van der Waals surface area contributed by atoms with E-state index >= 15 is 0 Å². The van der Waals surface area contributed by atoms with Crippen LogP contribution in [-0.4, -0.2) is 28.5 Å². The van der Waals surface area contributed by atoms with Crippen LogP contribution in [0.1, 0.15) is 15.9 Å². The summed E-state index contributed by atoms with van der Waals surface area (Å²) in [5.74, 6) is -0.198. The van der Waals surface area contributed by atoms with Crippen molar-refractivity contribution in [2.75, 3.05) is 12.8 Å². The predicted molar refractivity (Wildman–Crippen MR) is 87.5 cm³/mol. The van der Waals surface area contributed by atoms with Gasteiger partial charge in [-0.2, -0.15) is 5.10 Å². The Morgan fingerprint density at radius 1 is 1.38 bits per heavy atom. The van der Waals surface area contributed by atoms with Crippen LogP contribution in [0.4, 0.5) is 0 Å². The molecule has 0 radical (unpaired) electrons. The molecule has 1 amide bonds. The Kier molecular flexibility index (Phi) is 5.56. The fourth-order valence-electron chi connectivity index (χ4n) is 1.88. The minimum atomic E-state index is -0.198. The van der Waals surface area contributed by atoms with Crippen molar-refractivity contribution in [2.45, 2.75) is 11.3 Å². The number of hydrogen-bond donors (Lipinski definition) is 1. The average molecular weight is 344 g/mol. The Morgan fingerprint density at radius 3 is 2.76 bits per heavy atom. The van der Waals surface area contributed by atoms with Crippen molar-refractivity contribution in [3.05, 3.63) is 45.7 Å². The number of carbonyl (C=O) groups is 1. The molecule has 1 N–H and O–H groups in total. The van der Waals surface area contributed by atoms with Gasteiger partial charge in [0, 0.05) is 24.7 Å². The van der Waals surface area contributed by atoms with E-state index in [9.17, 15) is 4.79 Å². The standard InChI is InChI=1S/C14H15Cl2N3OS/c1-19-8-9(7-18-19)3-4-17-14(20)10-5-13(21-2)12(16)6-11(10)15/h5-8H,3-4H2,1-2H3,(H,17,20). The zero-order valence-electron chi connectivity index (χ0n) is 11.7. The van der Waals surface area contributed by atoms with Crippen molar-refractivity contribution in [1.82, 2.24) is 15.1 Å². The van der Waals surface area contributed by atoms with Crippen molar-refractivity contribution < 1.29 is 4.79 Å². The summed E-state index contributed by atoms with van der Waals surface area (Å²) < 4.78 is 1.73. The zero-order chi connectivity index (χ0) is 15.4. The average Bonchev–Trinajstić information content (AvgIpc) is 2.84. The quantitative estimate of drug-likeness (QED) is 0.846. The number of benzene rings is 1. The molecule has 7 heteroatoms. The molecule has 112 valence electrons. The summed E-state index contributed by atoms with van der Waals surface area (Å²) in [6, 6.07) is 3.32. The van der Waals surface area contributed by atoms with Crippen molar-refractivity contribution in [3.63, 3.8) is 0 Å². The summed E-state index contributed by atoms with van der Waals surface area (Å²) in [6.45, 7) is 0.526. The Morgan fingerprint density at radius 2 is 2.14 bits per heavy atom. The Balaban J connectivity index is 2.00. The summed E-state index contributed by atoms with van der Waals surface area (Å²) in [5.41, 5.74) is 1.52. The summed E-state index contributed by atoms with van der Waals surface area (Å²) in [4.78, 5) is 13.0. The van der Waals surface area contributed by atoms with Crippen LogP contribution in [0.25, 0.3) is 0 Å². The van der Waals surface area contributed by atoms with E-state index in [1.807, 2.05) is 19.5 Å². The molecule has 0 unspecified atom stereocenters. The molecule has 0 spiro atoms.